The number of hydrogen-bond acceptors (Lipinski definition) is 2. The molecule has 108 valence electrons. The Morgan fingerprint density at radius 2 is 2.10 bits per heavy atom. The molecule has 0 amide bonds. The molecule has 1 unspecified atom stereocenters. The minimum atomic E-state index is 0.154. The third kappa shape index (κ3) is 2.63. The first kappa shape index (κ1) is 14.7. The normalized spacial score (nSPS) is 32.4. The molecule has 2 bridgehead atoms. The van der Waals surface area contributed by atoms with E-state index in [1.807, 2.05) is 36.9 Å². The topological polar surface area (TPSA) is 17.1 Å². The molecule has 2 aliphatic heterocycles. The first-order chi connectivity index (χ1) is 9.60. The van der Waals surface area contributed by atoms with Gasteiger partial charge in [0, 0.05) is 22.8 Å². The Morgan fingerprint density at radius 1 is 1.30 bits per heavy atom. The number of hydrogen-bond donors (Lipinski definition) is 0. The Kier molecular flexibility index (Phi) is 4.35. The molecule has 4 atom stereocenters. The second kappa shape index (κ2) is 5.90. The van der Waals surface area contributed by atoms with E-state index >= 15 is 0 Å². The number of carbonyl (C=O) groups excluding carboxylic acids is 1. The molecule has 2 saturated heterocycles. The van der Waals surface area contributed by atoms with Crippen LogP contribution in [-0.2, 0) is 4.79 Å². The molecule has 0 saturated carbocycles. The third-order valence-electron chi connectivity index (χ3n) is 4.58. The summed E-state index contributed by atoms with van der Waals surface area (Å²) >= 11 is 14.2. The lowest BCUT2D eigenvalue weighted by Crippen LogP contribution is -2.34. The SMILES string of the molecule is CCC(=O)[C@H]1[C@@H](c2ccc(Cl)c(Cl)c2)CC2CC[C@H]1S2. The number of benzene rings is 1. The fourth-order valence-corrected chi connectivity index (χ4v) is 5.79. The maximum Gasteiger partial charge on any atom is 0.137 e. The van der Waals surface area contributed by atoms with Crippen molar-refractivity contribution in [2.24, 2.45) is 5.92 Å². The van der Waals surface area contributed by atoms with Crippen molar-refractivity contribution in [3.63, 3.8) is 0 Å². The summed E-state index contributed by atoms with van der Waals surface area (Å²) in [5.41, 5.74) is 1.18. The Hall–Kier alpha value is -0.180. The Morgan fingerprint density at radius 3 is 2.80 bits per heavy atom. The maximum absolute atomic E-state index is 12.4. The van der Waals surface area contributed by atoms with E-state index in [4.69, 9.17) is 23.2 Å². The zero-order chi connectivity index (χ0) is 14.3. The quantitative estimate of drug-likeness (QED) is 0.744. The monoisotopic (exact) mass is 328 g/mol. The molecule has 3 rings (SSSR count). The Balaban J connectivity index is 1.96. The van der Waals surface area contributed by atoms with Gasteiger partial charge in [-0.3, -0.25) is 4.79 Å². The van der Waals surface area contributed by atoms with Crippen LogP contribution in [0.25, 0.3) is 0 Å². The summed E-state index contributed by atoms with van der Waals surface area (Å²) < 4.78 is 0. The molecule has 0 spiro atoms. The predicted molar refractivity (Wildman–Crippen MR) is 87.0 cm³/mol. The van der Waals surface area contributed by atoms with Crippen molar-refractivity contribution in [3.8, 4) is 0 Å². The maximum atomic E-state index is 12.4. The van der Waals surface area contributed by atoms with E-state index in [2.05, 4.69) is 0 Å². The number of halogens is 2. The van der Waals surface area contributed by atoms with Crippen molar-refractivity contribution in [2.45, 2.75) is 49.0 Å². The molecular weight excluding hydrogens is 311 g/mol. The van der Waals surface area contributed by atoms with E-state index in [9.17, 15) is 4.79 Å². The molecule has 0 aromatic heterocycles. The molecule has 0 N–H and O–H groups in total. The van der Waals surface area contributed by atoms with Crippen molar-refractivity contribution < 1.29 is 4.79 Å². The largest absolute Gasteiger partial charge is 0.299 e. The van der Waals surface area contributed by atoms with E-state index in [0.29, 0.717) is 38.7 Å². The van der Waals surface area contributed by atoms with Crippen molar-refractivity contribution in [3.05, 3.63) is 33.8 Å². The fraction of sp³-hybridized carbons (Fsp3) is 0.562. The van der Waals surface area contributed by atoms with Crippen LogP contribution in [0, 0.1) is 5.92 Å². The zero-order valence-electron chi connectivity index (χ0n) is 11.4. The second-order valence-electron chi connectivity index (χ2n) is 5.74. The first-order valence-corrected chi connectivity index (χ1v) is 8.93. The van der Waals surface area contributed by atoms with Crippen LogP contribution >= 0.6 is 35.0 Å². The van der Waals surface area contributed by atoms with E-state index in [1.54, 1.807) is 0 Å². The van der Waals surface area contributed by atoms with Gasteiger partial charge < -0.3 is 0 Å². The average Bonchev–Trinajstić information content (AvgIpc) is 2.82. The second-order valence-corrected chi connectivity index (χ2v) is 8.09. The molecule has 4 heteroatoms. The number of rotatable bonds is 3. The molecular formula is C16H18Cl2OS. The van der Waals surface area contributed by atoms with Gasteiger partial charge >= 0.3 is 0 Å². The van der Waals surface area contributed by atoms with Gasteiger partial charge in [0.15, 0.2) is 0 Å². The lowest BCUT2D eigenvalue weighted by Gasteiger charge is -2.35. The van der Waals surface area contributed by atoms with Crippen LogP contribution in [0.3, 0.4) is 0 Å². The van der Waals surface area contributed by atoms with Gasteiger partial charge in [0.2, 0.25) is 0 Å². The van der Waals surface area contributed by atoms with E-state index in [-0.39, 0.29) is 5.92 Å². The lowest BCUT2D eigenvalue weighted by atomic mass is 9.78. The number of thioether (sulfide) groups is 1. The van der Waals surface area contributed by atoms with E-state index in [0.717, 1.165) is 6.42 Å². The highest BCUT2D eigenvalue weighted by molar-refractivity contribution is 8.00. The van der Waals surface area contributed by atoms with Crippen molar-refractivity contribution in [1.29, 1.82) is 0 Å². The van der Waals surface area contributed by atoms with Crippen LogP contribution in [0.15, 0.2) is 18.2 Å². The summed E-state index contributed by atoms with van der Waals surface area (Å²) in [6.07, 6.45) is 4.16. The smallest absolute Gasteiger partial charge is 0.137 e. The molecule has 2 fully saturated rings. The molecule has 0 aliphatic carbocycles. The minimum Gasteiger partial charge on any atom is -0.299 e. The molecule has 20 heavy (non-hydrogen) atoms. The summed E-state index contributed by atoms with van der Waals surface area (Å²) in [7, 11) is 0. The number of carbonyl (C=O) groups is 1. The summed E-state index contributed by atoms with van der Waals surface area (Å²) in [4.78, 5) is 12.4. The number of fused-ring (bicyclic) bond motifs is 2. The van der Waals surface area contributed by atoms with Gasteiger partial charge in [-0.1, -0.05) is 36.2 Å². The van der Waals surface area contributed by atoms with Gasteiger partial charge in [-0.2, -0.15) is 11.8 Å². The summed E-state index contributed by atoms with van der Waals surface area (Å²) in [5.74, 6) is 0.871. The standard InChI is InChI=1S/C16H18Cl2OS/c1-2-14(19)16-11(8-10-4-6-15(16)20-10)9-3-5-12(17)13(18)7-9/h3,5,7,10-11,15-16H,2,4,6,8H2,1H3/t10?,11-,15-,16-/m1/s1. The van der Waals surface area contributed by atoms with Gasteiger partial charge in [0.25, 0.3) is 0 Å². The van der Waals surface area contributed by atoms with Gasteiger partial charge in [-0.25, -0.2) is 0 Å². The van der Waals surface area contributed by atoms with Gasteiger partial charge in [0.1, 0.15) is 5.78 Å². The zero-order valence-corrected chi connectivity index (χ0v) is 13.8. The number of Topliss-reactive ketones (excluding diaryl/α,β-unsaturated/α-hetero) is 1. The van der Waals surface area contributed by atoms with Crippen LogP contribution in [0.4, 0.5) is 0 Å². The van der Waals surface area contributed by atoms with E-state index < -0.39 is 0 Å². The Bertz CT molecular complexity index is 531. The van der Waals surface area contributed by atoms with Crippen LogP contribution < -0.4 is 0 Å². The molecule has 2 heterocycles. The first-order valence-electron chi connectivity index (χ1n) is 7.23. The van der Waals surface area contributed by atoms with Crippen molar-refractivity contribution in [2.75, 3.05) is 0 Å². The van der Waals surface area contributed by atoms with Gasteiger partial charge in [-0.15, -0.1) is 0 Å². The highest BCUT2D eigenvalue weighted by Gasteiger charge is 2.45. The minimum absolute atomic E-state index is 0.154. The number of ketones is 1. The van der Waals surface area contributed by atoms with Crippen LogP contribution in [0.2, 0.25) is 10.0 Å². The van der Waals surface area contributed by atoms with Crippen LogP contribution in [0.1, 0.15) is 44.1 Å². The van der Waals surface area contributed by atoms with E-state index in [1.165, 1.54) is 18.4 Å². The molecule has 0 radical (unpaired) electrons. The molecule has 2 aliphatic rings. The highest BCUT2D eigenvalue weighted by Crippen LogP contribution is 2.53. The van der Waals surface area contributed by atoms with Crippen LogP contribution in [-0.4, -0.2) is 16.3 Å². The van der Waals surface area contributed by atoms with Crippen LogP contribution in [0.5, 0.6) is 0 Å². The predicted octanol–water partition coefficient (Wildman–Crippen LogP) is 5.34. The van der Waals surface area contributed by atoms with Gasteiger partial charge in [-0.05, 0) is 42.9 Å². The fourth-order valence-electron chi connectivity index (χ4n) is 3.61. The highest BCUT2D eigenvalue weighted by atomic mass is 35.5. The Labute approximate surface area is 134 Å². The summed E-state index contributed by atoms with van der Waals surface area (Å²) in [6, 6.07) is 5.86. The average molecular weight is 329 g/mol. The lowest BCUT2D eigenvalue weighted by molar-refractivity contribution is -0.123. The van der Waals surface area contributed by atoms with Crippen molar-refractivity contribution in [1.82, 2.24) is 0 Å². The summed E-state index contributed by atoms with van der Waals surface area (Å²) in [6.45, 7) is 1.97. The summed E-state index contributed by atoms with van der Waals surface area (Å²) in [5, 5.41) is 2.39. The van der Waals surface area contributed by atoms with Gasteiger partial charge in [0.05, 0.1) is 10.0 Å². The molecule has 1 aromatic rings. The third-order valence-corrected chi connectivity index (χ3v) is 7.01. The molecule has 1 nitrogen and oxygen atoms in total. The molecule has 1 aromatic carbocycles. The van der Waals surface area contributed by atoms with Crippen molar-refractivity contribution >= 4 is 40.7 Å².